The summed E-state index contributed by atoms with van der Waals surface area (Å²) in [5, 5.41) is 3.10. The number of hydrogen-bond donors (Lipinski definition) is 1. The van der Waals surface area contributed by atoms with Crippen LogP contribution in [0, 0.1) is 6.92 Å². The number of benzene rings is 1. The predicted molar refractivity (Wildman–Crippen MR) is 99.2 cm³/mol. The average molecular weight is 343 g/mol. The van der Waals surface area contributed by atoms with E-state index in [0.29, 0.717) is 11.8 Å². The molecule has 128 valence electrons. The number of nitrogens with one attached hydrogen (secondary N) is 1. The summed E-state index contributed by atoms with van der Waals surface area (Å²) in [6, 6.07) is 12.6. The van der Waals surface area contributed by atoms with E-state index in [9.17, 15) is 4.79 Å². The minimum Gasteiger partial charge on any atom is -0.455 e. The van der Waals surface area contributed by atoms with Crippen LogP contribution in [0.3, 0.4) is 0 Å². The first kappa shape index (κ1) is 17.2. The van der Waals surface area contributed by atoms with Gasteiger partial charge in [-0.1, -0.05) is 49.1 Å². The van der Waals surface area contributed by atoms with Crippen LogP contribution in [0.15, 0.2) is 40.8 Å². The quantitative estimate of drug-likeness (QED) is 0.795. The zero-order chi connectivity index (χ0) is 16.8. The van der Waals surface area contributed by atoms with Crippen molar-refractivity contribution in [3.63, 3.8) is 0 Å². The molecule has 0 spiro atoms. The van der Waals surface area contributed by atoms with Crippen LogP contribution in [0.1, 0.15) is 59.5 Å². The molecule has 0 radical (unpaired) electrons. The summed E-state index contributed by atoms with van der Waals surface area (Å²) >= 11 is 1.80. The minimum atomic E-state index is -0.0724. The van der Waals surface area contributed by atoms with Gasteiger partial charge in [-0.2, -0.15) is 0 Å². The third-order valence-corrected chi connectivity index (χ3v) is 5.45. The summed E-state index contributed by atoms with van der Waals surface area (Å²) in [7, 11) is 0. The molecule has 0 bridgehead atoms. The van der Waals surface area contributed by atoms with Gasteiger partial charge in [-0.15, -0.1) is 11.8 Å². The third kappa shape index (κ3) is 4.91. The number of thioether (sulfide) groups is 1. The molecule has 4 heteroatoms. The van der Waals surface area contributed by atoms with Crippen molar-refractivity contribution in [1.29, 1.82) is 0 Å². The molecule has 0 unspecified atom stereocenters. The Hall–Kier alpha value is -1.68. The highest BCUT2D eigenvalue weighted by atomic mass is 32.2. The van der Waals surface area contributed by atoms with Crippen molar-refractivity contribution in [1.82, 2.24) is 5.32 Å². The summed E-state index contributed by atoms with van der Waals surface area (Å²) in [6.45, 7) is 2.11. The van der Waals surface area contributed by atoms with Crippen molar-refractivity contribution in [2.75, 3.05) is 0 Å². The lowest BCUT2D eigenvalue weighted by Gasteiger charge is -2.22. The maximum Gasteiger partial charge on any atom is 0.287 e. The van der Waals surface area contributed by atoms with Crippen molar-refractivity contribution in [3.8, 4) is 0 Å². The zero-order valence-corrected chi connectivity index (χ0v) is 15.0. The molecule has 2 aromatic rings. The van der Waals surface area contributed by atoms with Gasteiger partial charge in [-0.25, -0.2) is 0 Å². The van der Waals surface area contributed by atoms with Gasteiger partial charge >= 0.3 is 0 Å². The lowest BCUT2D eigenvalue weighted by molar-refractivity contribution is 0.0898. The van der Waals surface area contributed by atoms with Crippen LogP contribution in [0.2, 0.25) is 0 Å². The Kier molecular flexibility index (Phi) is 6.02. The maximum absolute atomic E-state index is 12.2. The van der Waals surface area contributed by atoms with Gasteiger partial charge in [-0.3, -0.25) is 4.79 Å². The monoisotopic (exact) mass is 343 g/mol. The highest BCUT2D eigenvalue weighted by Crippen LogP contribution is 2.21. The number of amides is 1. The second kappa shape index (κ2) is 8.43. The Morgan fingerprint density at radius 1 is 1.17 bits per heavy atom. The van der Waals surface area contributed by atoms with Crippen LogP contribution in [-0.4, -0.2) is 11.9 Å². The molecule has 1 aliphatic rings. The fourth-order valence-corrected chi connectivity index (χ4v) is 4.03. The normalized spacial score (nSPS) is 15.4. The lowest BCUT2D eigenvalue weighted by Crippen LogP contribution is -2.35. The van der Waals surface area contributed by atoms with E-state index < -0.39 is 0 Å². The van der Waals surface area contributed by atoms with E-state index in [4.69, 9.17) is 4.42 Å². The Morgan fingerprint density at radius 2 is 2.00 bits per heavy atom. The predicted octanol–water partition coefficient (Wildman–Crippen LogP) is 5.08. The molecule has 1 heterocycles. The molecule has 1 amide bonds. The van der Waals surface area contributed by atoms with Gasteiger partial charge in [-0.05, 0) is 37.5 Å². The van der Waals surface area contributed by atoms with E-state index in [1.807, 2.05) is 6.07 Å². The number of aryl methyl sites for hydroxylation is 1. The average Bonchev–Trinajstić information content (AvgIpc) is 3.05. The third-order valence-electron chi connectivity index (χ3n) is 4.42. The van der Waals surface area contributed by atoms with Crippen LogP contribution in [0.25, 0.3) is 0 Å². The number of furan rings is 1. The minimum absolute atomic E-state index is 0.0724. The van der Waals surface area contributed by atoms with Crippen LogP contribution in [0.5, 0.6) is 0 Å². The van der Waals surface area contributed by atoms with E-state index in [0.717, 1.165) is 30.1 Å². The highest BCUT2D eigenvalue weighted by molar-refractivity contribution is 7.97. The van der Waals surface area contributed by atoms with Crippen molar-refractivity contribution < 1.29 is 9.21 Å². The molecule has 1 aromatic carbocycles. The summed E-state index contributed by atoms with van der Waals surface area (Å²) in [5.41, 5.74) is 2.61. The van der Waals surface area contributed by atoms with Crippen LogP contribution in [-0.2, 0) is 11.5 Å². The first-order chi connectivity index (χ1) is 11.7. The highest BCUT2D eigenvalue weighted by Gasteiger charge is 2.18. The Labute approximate surface area is 148 Å². The molecule has 1 aromatic heterocycles. The van der Waals surface area contributed by atoms with Crippen molar-refractivity contribution in [3.05, 3.63) is 59.0 Å². The van der Waals surface area contributed by atoms with Crippen LogP contribution >= 0.6 is 11.8 Å². The number of carbonyl (C=O) groups is 1. The summed E-state index contributed by atoms with van der Waals surface area (Å²) in [4.78, 5) is 12.2. The fraction of sp³-hybridized carbons (Fsp3) is 0.450. The molecule has 24 heavy (non-hydrogen) atoms. The van der Waals surface area contributed by atoms with Gasteiger partial charge in [0.05, 0.1) is 5.75 Å². The topological polar surface area (TPSA) is 42.2 Å². The lowest BCUT2D eigenvalue weighted by atomic mass is 9.95. The summed E-state index contributed by atoms with van der Waals surface area (Å²) in [6.07, 6.45) is 5.89. The molecule has 1 saturated carbocycles. The molecule has 0 aliphatic heterocycles. The number of carbonyl (C=O) groups excluding carboxylic acids is 1. The first-order valence-corrected chi connectivity index (χ1v) is 9.89. The largest absolute Gasteiger partial charge is 0.455 e. The van der Waals surface area contributed by atoms with Gasteiger partial charge in [0.15, 0.2) is 5.76 Å². The Bertz CT molecular complexity index is 674. The molecular formula is C20H25NO2S. The summed E-state index contributed by atoms with van der Waals surface area (Å²) < 4.78 is 5.72. The Morgan fingerprint density at radius 3 is 2.79 bits per heavy atom. The van der Waals surface area contributed by atoms with Gasteiger partial charge in [0.2, 0.25) is 0 Å². The van der Waals surface area contributed by atoms with E-state index in [-0.39, 0.29) is 5.91 Å². The molecule has 1 fully saturated rings. The molecule has 1 N–H and O–H groups in total. The van der Waals surface area contributed by atoms with E-state index in [1.54, 1.807) is 17.8 Å². The van der Waals surface area contributed by atoms with E-state index in [2.05, 4.69) is 36.5 Å². The molecule has 0 atom stereocenters. The number of rotatable bonds is 6. The standard InChI is InChI=1S/C20H25NO2S/c1-15-6-5-7-16(12-15)13-24-14-18-10-11-19(23-18)20(22)21-17-8-3-2-4-9-17/h5-7,10-12,17H,2-4,8-9,13-14H2,1H3,(H,21,22). The van der Waals surface area contributed by atoms with Crippen LogP contribution in [0.4, 0.5) is 0 Å². The van der Waals surface area contributed by atoms with Gasteiger partial charge in [0.1, 0.15) is 5.76 Å². The fourth-order valence-electron chi connectivity index (χ4n) is 3.15. The van der Waals surface area contributed by atoms with Gasteiger partial charge in [0.25, 0.3) is 5.91 Å². The number of hydrogen-bond acceptors (Lipinski definition) is 3. The van der Waals surface area contributed by atoms with Crippen molar-refractivity contribution in [2.24, 2.45) is 0 Å². The molecular weight excluding hydrogens is 318 g/mol. The molecule has 1 aliphatic carbocycles. The maximum atomic E-state index is 12.2. The van der Waals surface area contributed by atoms with Gasteiger partial charge < -0.3 is 9.73 Å². The van der Waals surface area contributed by atoms with E-state index >= 15 is 0 Å². The van der Waals surface area contributed by atoms with Crippen molar-refractivity contribution >= 4 is 17.7 Å². The van der Waals surface area contributed by atoms with Crippen molar-refractivity contribution in [2.45, 2.75) is 56.6 Å². The second-order valence-electron chi connectivity index (χ2n) is 6.56. The molecule has 3 nitrogen and oxygen atoms in total. The zero-order valence-electron chi connectivity index (χ0n) is 14.2. The summed E-state index contributed by atoms with van der Waals surface area (Å²) in [5.74, 6) is 2.96. The molecule has 3 rings (SSSR count). The Balaban J connectivity index is 1.47. The van der Waals surface area contributed by atoms with E-state index in [1.165, 1.54) is 30.4 Å². The first-order valence-electron chi connectivity index (χ1n) is 8.73. The van der Waals surface area contributed by atoms with Gasteiger partial charge in [0, 0.05) is 11.8 Å². The van der Waals surface area contributed by atoms with Crippen LogP contribution < -0.4 is 5.32 Å². The SMILES string of the molecule is Cc1cccc(CSCc2ccc(C(=O)NC3CCCCC3)o2)c1. The second-order valence-corrected chi connectivity index (χ2v) is 7.54. The smallest absolute Gasteiger partial charge is 0.287 e. The molecule has 0 saturated heterocycles.